The van der Waals surface area contributed by atoms with Gasteiger partial charge in [-0.15, -0.1) is 0 Å². The van der Waals surface area contributed by atoms with Crippen LogP contribution in [-0.4, -0.2) is 45.8 Å². The van der Waals surface area contributed by atoms with Gasteiger partial charge in [-0.3, -0.25) is 0 Å². The van der Waals surface area contributed by atoms with Gasteiger partial charge in [-0.2, -0.15) is 4.31 Å². The number of ether oxygens (including phenoxy) is 1. The Morgan fingerprint density at radius 1 is 1.03 bits per heavy atom. The van der Waals surface area contributed by atoms with Crippen molar-refractivity contribution in [1.82, 2.24) is 4.31 Å². The lowest BCUT2D eigenvalue weighted by atomic mass is 10.0. The van der Waals surface area contributed by atoms with E-state index in [1.807, 2.05) is 12.1 Å². The van der Waals surface area contributed by atoms with E-state index >= 15 is 0 Å². The summed E-state index contributed by atoms with van der Waals surface area (Å²) in [5, 5.41) is 0. The molecule has 2 aromatic rings. The highest BCUT2D eigenvalue weighted by Crippen LogP contribution is 2.28. The highest BCUT2D eigenvalue weighted by atomic mass is 32.2. The smallest absolute Gasteiger partial charge is 0.243 e. The molecule has 8 heteroatoms. The summed E-state index contributed by atoms with van der Waals surface area (Å²) in [7, 11) is -5.52. The monoisotopic (exact) mass is 451 g/mol. The fourth-order valence-electron chi connectivity index (χ4n) is 3.73. The average Bonchev–Trinajstić information content (AvgIpc) is 3.05. The average molecular weight is 452 g/mol. The predicted molar refractivity (Wildman–Crippen MR) is 118 cm³/mol. The molecule has 0 amide bonds. The van der Waals surface area contributed by atoms with Crippen molar-refractivity contribution in [2.45, 2.75) is 44.2 Å². The molecule has 3 rings (SSSR count). The van der Waals surface area contributed by atoms with Crippen molar-refractivity contribution in [2.24, 2.45) is 5.92 Å². The molecule has 0 saturated carbocycles. The van der Waals surface area contributed by atoms with Crippen LogP contribution in [0.15, 0.2) is 53.4 Å². The molecule has 0 radical (unpaired) electrons. The van der Waals surface area contributed by atoms with Gasteiger partial charge in [0.25, 0.3) is 0 Å². The van der Waals surface area contributed by atoms with E-state index in [1.54, 1.807) is 43.5 Å². The summed E-state index contributed by atoms with van der Waals surface area (Å²) in [6, 6.07) is 13.5. The molecule has 0 N–H and O–H groups in total. The minimum Gasteiger partial charge on any atom is -0.497 e. The largest absolute Gasteiger partial charge is 0.497 e. The van der Waals surface area contributed by atoms with Crippen molar-refractivity contribution >= 4 is 19.9 Å². The Morgan fingerprint density at radius 2 is 1.63 bits per heavy atom. The molecule has 1 aliphatic rings. The lowest BCUT2D eigenvalue weighted by molar-refractivity contribution is 0.334. The molecule has 1 saturated heterocycles. The standard InChI is InChI=1S/C22H29NO5S2/c1-17(2)14-18-6-10-22(11-7-18)30(26,27)23(20-12-13-29(24,25)16-20)15-19-4-8-21(28-3)9-5-19/h4-11,17,20H,12-16H2,1-3H3. The normalized spacial score (nSPS) is 18.8. The van der Waals surface area contributed by atoms with Crippen LogP contribution >= 0.6 is 0 Å². The van der Waals surface area contributed by atoms with Crippen molar-refractivity contribution in [1.29, 1.82) is 0 Å². The van der Waals surface area contributed by atoms with Gasteiger partial charge in [0.05, 0.1) is 23.5 Å². The summed E-state index contributed by atoms with van der Waals surface area (Å²) >= 11 is 0. The van der Waals surface area contributed by atoms with Gasteiger partial charge < -0.3 is 4.74 Å². The number of methoxy groups -OCH3 is 1. The molecule has 1 aliphatic heterocycles. The van der Waals surface area contributed by atoms with Gasteiger partial charge in [0.15, 0.2) is 9.84 Å². The Labute approximate surface area is 179 Å². The van der Waals surface area contributed by atoms with Gasteiger partial charge >= 0.3 is 0 Å². The highest BCUT2D eigenvalue weighted by Gasteiger charge is 2.38. The first-order chi connectivity index (χ1) is 14.1. The molecule has 0 spiro atoms. The summed E-state index contributed by atoms with van der Waals surface area (Å²) in [4.78, 5) is 0.188. The van der Waals surface area contributed by atoms with E-state index in [9.17, 15) is 16.8 Å². The molecule has 0 aromatic heterocycles. The quantitative estimate of drug-likeness (QED) is 0.615. The molecular formula is C22H29NO5S2. The molecule has 1 unspecified atom stereocenters. The molecule has 164 valence electrons. The molecule has 1 fully saturated rings. The molecule has 1 atom stereocenters. The second-order valence-electron chi connectivity index (χ2n) is 8.20. The van der Waals surface area contributed by atoms with Gasteiger partial charge in [-0.1, -0.05) is 38.1 Å². The maximum atomic E-state index is 13.5. The Balaban J connectivity index is 1.93. The predicted octanol–water partition coefficient (Wildman–Crippen LogP) is 3.27. The van der Waals surface area contributed by atoms with E-state index in [1.165, 1.54) is 4.31 Å². The first-order valence-corrected chi connectivity index (χ1v) is 13.3. The number of hydrogen-bond donors (Lipinski definition) is 0. The maximum absolute atomic E-state index is 13.5. The van der Waals surface area contributed by atoms with E-state index in [0.717, 1.165) is 17.5 Å². The molecule has 30 heavy (non-hydrogen) atoms. The Morgan fingerprint density at radius 3 is 2.13 bits per heavy atom. The number of rotatable bonds is 8. The zero-order chi connectivity index (χ0) is 21.9. The van der Waals surface area contributed by atoms with Crippen molar-refractivity contribution < 1.29 is 21.6 Å². The SMILES string of the molecule is COc1ccc(CN(C2CCS(=O)(=O)C2)S(=O)(=O)c2ccc(CC(C)C)cc2)cc1. The summed E-state index contributed by atoms with van der Waals surface area (Å²) in [6.45, 7) is 4.34. The van der Waals surface area contributed by atoms with Crippen molar-refractivity contribution in [3.8, 4) is 5.75 Å². The lowest BCUT2D eigenvalue weighted by Crippen LogP contribution is -2.40. The minimum absolute atomic E-state index is 0.0135. The van der Waals surface area contributed by atoms with E-state index < -0.39 is 25.9 Å². The van der Waals surface area contributed by atoms with Gasteiger partial charge in [0, 0.05) is 12.6 Å². The van der Waals surface area contributed by atoms with Crippen LogP contribution in [0.2, 0.25) is 0 Å². The Bertz CT molecular complexity index is 1060. The molecule has 0 aliphatic carbocycles. The fraction of sp³-hybridized carbons (Fsp3) is 0.455. The third-order valence-corrected chi connectivity index (χ3v) is 8.95. The summed E-state index contributed by atoms with van der Waals surface area (Å²) < 4.78 is 57.6. The maximum Gasteiger partial charge on any atom is 0.243 e. The number of nitrogens with zero attached hydrogens (tertiary/aromatic N) is 1. The third kappa shape index (κ3) is 5.42. The van der Waals surface area contributed by atoms with Crippen LogP contribution in [-0.2, 0) is 32.8 Å². The first kappa shape index (κ1) is 22.8. The summed E-state index contributed by atoms with van der Waals surface area (Å²) in [5.74, 6) is 1.02. The number of sulfonamides is 1. The van der Waals surface area contributed by atoms with Gasteiger partial charge in [-0.05, 0) is 54.2 Å². The number of hydrogen-bond acceptors (Lipinski definition) is 5. The van der Waals surface area contributed by atoms with Crippen LogP contribution < -0.4 is 4.74 Å². The zero-order valence-electron chi connectivity index (χ0n) is 17.6. The second-order valence-corrected chi connectivity index (χ2v) is 12.3. The molecule has 0 bridgehead atoms. The van der Waals surface area contributed by atoms with E-state index in [2.05, 4.69) is 13.8 Å². The lowest BCUT2D eigenvalue weighted by Gasteiger charge is -2.27. The molecule has 2 aromatic carbocycles. The zero-order valence-corrected chi connectivity index (χ0v) is 19.2. The van der Waals surface area contributed by atoms with Crippen LogP contribution in [0.3, 0.4) is 0 Å². The molecule has 1 heterocycles. The molecular weight excluding hydrogens is 422 g/mol. The number of benzene rings is 2. The van der Waals surface area contributed by atoms with E-state index in [-0.39, 0.29) is 22.9 Å². The van der Waals surface area contributed by atoms with Gasteiger partial charge in [-0.25, -0.2) is 16.8 Å². The minimum atomic E-state index is -3.86. The van der Waals surface area contributed by atoms with Crippen LogP contribution in [0.4, 0.5) is 0 Å². The van der Waals surface area contributed by atoms with Crippen molar-refractivity contribution in [3.05, 3.63) is 59.7 Å². The summed E-state index contributed by atoms with van der Waals surface area (Å²) in [6.07, 6.45) is 1.18. The summed E-state index contributed by atoms with van der Waals surface area (Å²) in [5.41, 5.74) is 1.86. The second kappa shape index (κ2) is 9.08. The first-order valence-electron chi connectivity index (χ1n) is 10.0. The fourth-order valence-corrected chi connectivity index (χ4v) is 7.20. The van der Waals surface area contributed by atoms with Crippen molar-refractivity contribution in [3.63, 3.8) is 0 Å². The van der Waals surface area contributed by atoms with Crippen LogP contribution in [0, 0.1) is 5.92 Å². The number of sulfone groups is 1. The van der Waals surface area contributed by atoms with Crippen molar-refractivity contribution in [2.75, 3.05) is 18.6 Å². The molecule has 6 nitrogen and oxygen atoms in total. The van der Waals surface area contributed by atoms with E-state index in [0.29, 0.717) is 18.1 Å². The van der Waals surface area contributed by atoms with E-state index in [4.69, 9.17) is 4.74 Å². The van der Waals surface area contributed by atoms with Crippen LogP contribution in [0.25, 0.3) is 0 Å². The van der Waals surface area contributed by atoms with Gasteiger partial charge in [0.2, 0.25) is 10.0 Å². The Kier molecular flexibility index (Phi) is 6.89. The van der Waals surface area contributed by atoms with Crippen LogP contribution in [0.1, 0.15) is 31.4 Å². The van der Waals surface area contributed by atoms with Crippen LogP contribution in [0.5, 0.6) is 5.75 Å². The Hall–Kier alpha value is -1.90. The topological polar surface area (TPSA) is 80.8 Å². The third-order valence-electron chi connectivity index (χ3n) is 5.29. The highest BCUT2D eigenvalue weighted by molar-refractivity contribution is 7.92. The van der Waals surface area contributed by atoms with Gasteiger partial charge in [0.1, 0.15) is 5.75 Å².